The van der Waals surface area contributed by atoms with Gasteiger partial charge in [0.2, 0.25) is 5.91 Å². The second-order valence-corrected chi connectivity index (χ2v) is 6.82. The SMILES string of the molecule is CCC(C)C(=O)Nc1cc2c(cc1Sc1ccccc1)OCCO2. The number of nitrogens with one attached hydrogen (secondary N) is 1. The van der Waals surface area contributed by atoms with Crippen LogP contribution in [-0.2, 0) is 4.79 Å². The van der Waals surface area contributed by atoms with E-state index < -0.39 is 0 Å². The quantitative estimate of drug-likeness (QED) is 0.862. The van der Waals surface area contributed by atoms with E-state index in [0.29, 0.717) is 19.0 Å². The topological polar surface area (TPSA) is 47.6 Å². The molecule has 0 aromatic heterocycles. The molecular formula is C19H21NO3S. The average molecular weight is 343 g/mol. The van der Waals surface area contributed by atoms with Crippen LogP contribution in [0.15, 0.2) is 52.3 Å². The first-order chi connectivity index (χ1) is 11.7. The van der Waals surface area contributed by atoms with Crippen LogP contribution in [0.3, 0.4) is 0 Å². The number of amides is 1. The van der Waals surface area contributed by atoms with Crippen molar-refractivity contribution in [3.8, 4) is 11.5 Å². The molecule has 4 nitrogen and oxygen atoms in total. The summed E-state index contributed by atoms with van der Waals surface area (Å²) >= 11 is 1.60. The van der Waals surface area contributed by atoms with Gasteiger partial charge < -0.3 is 14.8 Å². The summed E-state index contributed by atoms with van der Waals surface area (Å²) in [5.41, 5.74) is 0.762. The maximum atomic E-state index is 12.3. The standard InChI is InChI=1S/C19H21NO3S/c1-3-13(2)19(21)20-15-11-16-17(23-10-9-22-16)12-18(15)24-14-7-5-4-6-8-14/h4-8,11-13H,3,9-10H2,1-2H3,(H,20,21). The molecule has 1 N–H and O–H groups in total. The fourth-order valence-electron chi connectivity index (χ4n) is 2.31. The van der Waals surface area contributed by atoms with Gasteiger partial charge in [-0.15, -0.1) is 0 Å². The molecule has 0 aliphatic carbocycles. The van der Waals surface area contributed by atoms with E-state index in [2.05, 4.69) is 5.32 Å². The predicted octanol–water partition coefficient (Wildman–Crippen LogP) is 4.59. The second-order valence-electron chi connectivity index (χ2n) is 5.71. The van der Waals surface area contributed by atoms with E-state index in [1.165, 1.54) is 0 Å². The van der Waals surface area contributed by atoms with Gasteiger partial charge >= 0.3 is 0 Å². The van der Waals surface area contributed by atoms with E-state index in [9.17, 15) is 4.79 Å². The van der Waals surface area contributed by atoms with Gasteiger partial charge in [0.15, 0.2) is 11.5 Å². The molecule has 0 radical (unpaired) electrons. The molecule has 1 aliphatic heterocycles. The molecule has 0 spiro atoms. The number of rotatable bonds is 5. The molecule has 2 aromatic rings. The van der Waals surface area contributed by atoms with Crippen LogP contribution >= 0.6 is 11.8 Å². The highest BCUT2D eigenvalue weighted by molar-refractivity contribution is 7.99. The lowest BCUT2D eigenvalue weighted by atomic mass is 10.1. The van der Waals surface area contributed by atoms with Gasteiger partial charge in [0.25, 0.3) is 0 Å². The molecule has 0 bridgehead atoms. The number of benzene rings is 2. The van der Waals surface area contributed by atoms with Crippen LogP contribution in [-0.4, -0.2) is 19.1 Å². The maximum absolute atomic E-state index is 12.3. The van der Waals surface area contributed by atoms with Crippen molar-refractivity contribution >= 4 is 23.4 Å². The summed E-state index contributed by atoms with van der Waals surface area (Å²) < 4.78 is 11.3. The molecule has 0 saturated carbocycles. The number of fused-ring (bicyclic) bond motifs is 1. The first-order valence-corrected chi connectivity index (χ1v) is 8.96. The molecule has 1 aliphatic rings. The zero-order valence-electron chi connectivity index (χ0n) is 13.9. The zero-order valence-corrected chi connectivity index (χ0v) is 14.7. The van der Waals surface area contributed by atoms with E-state index in [4.69, 9.17) is 9.47 Å². The Labute approximate surface area is 146 Å². The third-order valence-electron chi connectivity index (χ3n) is 3.93. The molecule has 1 atom stereocenters. The van der Waals surface area contributed by atoms with Gasteiger partial charge in [-0.25, -0.2) is 0 Å². The van der Waals surface area contributed by atoms with Crippen LogP contribution in [0.25, 0.3) is 0 Å². The number of hydrogen-bond acceptors (Lipinski definition) is 4. The monoisotopic (exact) mass is 343 g/mol. The number of carbonyl (C=O) groups is 1. The third kappa shape index (κ3) is 3.85. The normalized spacial score (nSPS) is 14.1. The fraction of sp³-hybridized carbons (Fsp3) is 0.316. The minimum absolute atomic E-state index is 0.0177. The highest BCUT2D eigenvalue weighted by Gasteiger charge is 2.19. The number of anilines is 1. The lowest BCUT2D eigenvalue weighted by molar-refractivity contribution is -0.119. The van der Waals surface area contributed by atoms with Crippen molar-refractivity contribution in [1.29, 1.82) is 0 Å². The van der Waals surface area contributed by atoms with Gasteiger partial charge in [0.1, 0.15) is 13.2 Å². The summed E-state index contributed by atoms with van der Waals surface area (Å²) in [5, 5.41) is 3.04. The first-order valence-electron chi connectivity index (χ1n) is 8.14. The Hall–Kier alpha value is -2.14. The Morgan fingerprint density at radius 3 is 2.50 bits per heavy atom. The van der Waals surface area contributed by atoms with Gasteiger partial charge in [-0.05, 0) is 18.6 Å². The van der Waals surface area contributed by atoms with Crippen LogP contribution in [0.5, 0.6) is 11.5 Å². The number of carbonyl (C=O) groups excluding carboxylic acids is 1. The summed E-state index contributed by atoms with van der Waals surface area (Å²) in [6.07, 6.45) is 0.803. The smallest absolute Gasteiger partial charge is 0.227 e. The first kappa shape index (κ1) is 16.7. The van der Waals surface area contributed by atoms with Crippen LogP contribution in [0.1, 0.15) is 20.3 Å². The molecule has 0 saturated heterocycles. The molecule has 1 amide bonds. The van der Waals surface area contributed by atoms with Crippen LogP contribution in [0, 0.1) is 5.92 Å². The minimum atomic E-state index is -0.0345. The van der Waals surface area contributed by atoms with Gasteiger partial charge in [-0.2, -0.15) is 0 Å². The van der Waals surface area contributed by atoms with Crippen LogP contribution in [0.4, 0.5) is 5.69 Å². The Kier molecular flexibility index (Phi) is 5.30. The summed E-state index contributed by atoms with van der Waals surface area (Å²) in [5.74, 6) is 1.39. The largest absolute Gasteiger partial charge is 0.486 e. The van der Waals surface area contributed by atoms with Crippen molar-refractivity contribution in [3.05, 3.63) is 42.5 Å². The third-order valence-corrected chi connectivity index (χ3v) is 5.00. The molecule has 3 rings (SSSR count). The molecule has 0 fully saturated rings. The van der Waals surface area contributed by atoms with E-state index in [1.807, 2.05) is 56.3 Å². The molecule has 2 aromatic carbocycles. The lowest BCUT2D eigenvalue weighted by Crippen LogP contribution is -2.21. The Bertz CT molecular complexity index is 718. The molecule has 126 valence electrons. The summed E-state index contributed by atoms with van der Waals surface area (Å²) in [6.45, 7) is 5.00. The van der Waals surface area contributed by atoms with Crippen LogP contribution < -0.4 is 14.8 Å². The summed E-state index contributed by atoms with van der Waals surface area (Å²) in [4.78, 5) is 14.4. The Balaban J connectivity index is 1.93. The van der Waals surface area contributed by atoms with Crippen molar-refractivity contribution in [1.82, 2.24) is 0 Å². The van der Waals surface area contributed by atoms with Crippen molar-refractivity contribution in [2.45, 2.75) is 30.1 Å². The number of ether oxygens (including phenoxy) is 2. The summed E-state index contributed by atoms with van der Waals surface area (Å²) in [6, 6.07) is 13.9. The van der Waals surface area contributed by atoms with Gasteiger partial charge in [-0.3, -0.25) is 4.79 Å². The van der Waals surface area contributed by atoms with Crippen molar-refractivity contribution in [2.24, 2.45) is 5.92 Å². The molecule has 24 heavy (non-hydrogen) atoms. The van der Waals surface area contributed by atoms with E-state index in [0.717, 1.165) is 27.6 Å². The molecule has 1 unspecified atom stereocenters. The molecule has 1 heterocycles. The average Bonchev–Trinajstić information content (AvgIpc) is 2.62. The Morgan fingerprint density at radius 1 is 1.17 bits per heavy atom. The lowest BCUT2D eigenvalue weighted by Gasteiger charge is -2.22. The molecular weight excluding hydrogens is 322 g/mol. The minimum Gasteiger partial charge on any atom is -0.486 e. The highest BCUT2D eigenvalue weighted by Crippen LogP contribution is 2.42. The summed E-state index contributed by atoms with van der Waals surface area (Å²) in [7, 11) is 0. The van der Waals surface area contributed by atoms with Gasteiger partial charge in [-0.1, -0.05) is 43.8 Å². The van der Waals surface area contributed by atoms with E-state index in [1.54, 1.807) is 11.8 Å². The van der Waals surface area contributed by atoms with Crippen LogP contribution in [0.2, 0.25) is 0 Å². The van der Waals surface area contributed by atoms with Crippen molar-refractivity contribution < 1.29 is 14.3 Å². The zero-order chi connectivity index (χ0) is 16.9. The van der Waals surface area contributed by atoms with E-state index in [-0.39, 0.29) is 11.8 Å². The van der Waals surface area contributed by atoms with Gasteiger partial charge in [0, 0.05) is 27.8 Å². The molecule has 5 heteroatoms. The maximum Gasteiger partial charge on any atom is 0.227 e. The number of hydrogen-bond donors (Lipinski definition) is 1. The van der Waals surface area contributed by atoms with Gasteiger partial charge in [0.05, 0.1) is 5.69 Å². The predicted molar refractivity (Wildman–Crippen MR) is 96.1 cm³/mol. The Morgan fingerprint density at radius 2 is 1.83 bits per heavy atom. The second kappa shape index (κ2) is 7.62. The van der Waals surface area contributed by atoms with Crippen molar-refractivity contribution in [2.75, 3.05) is 18.5 Å². The van der Waals surface area contributed by atoms with Crippen molar-refractivity contribution in [3.63, 3.8) is 0 Å². The fourth-order valence-corrected chi connectivity index (χ4v) is 3.24. The highest BCUT2D eigenvalue weighted by atomic mass is 32.2. The van der Waals surface area contributed by atoms with E-state index >= 15 is 0 Å².